The van der Waals surface area contributed by atoms with E-state index in [4.69, 9.17) is 9.47 Å². The van der Waals surface area contributed by atoms with E-state index in [1.165, 1.54) is 0 Å². The molecular weight excluding hydrogens is 240 g/mol. The maximum Gasteiger partial charge on any atom is 0.159 e. The lowest BCUT2D eigenvalue weighted by molar-refractivity contribution is 0.101. The molecule has 0 fully saturated rings. The molecule has 0 saturated carbocycles. The molecule has 19 heavy (non-hydrogen) atoms. The summed E-state index contributed by atoms with van der Waals surface area (Å²) < 4.78 is 10.8. The van der Waals surface area contributed by atoms with Crippen molar-refractivity contribution in [3.63, 3.8) is 0 Å². The summed E-state index contributed by atoms with van der Waals surface area (Å²) in [5, 5.41) is 0. The van der Waals surface area contributed by atoms with E-state index in [0.717, 1.165) is 11.3 Å². The van der Waals surface area contributed by atoms with Crippen LogP contribution in [0.3, 0.4) is 0 Å². The van der Waals surface area contributed by atoms with Crippen molar-refractivity contribution < 1.29 is 14.3 Å². The number of carbonyl (C=O) groups excluding carboxylic acids is 1. The van der Waals surface area contributed by atoms with Crippen LogP contribution in [0.1, 0.15) is 22.8 Å². The first kappa shape index (κ1) is 13.3. The molecule has 0 aliphatic carbocycles. The van der Waals surface area contributed by atoms with Crippen LogP contribution in [0.4, 0.5) is 0 Å². The van der Waals surface area contributed by atoms with E-state index in [1.54, 1.807) is 26.2 Å². The summed E-state index contributed by atoms with van der Waals surface area (Å²) in [6.45, 7) is 2.09. The highest BCUT2D eigenvalue weighted by atomic mass is 16.5. The lowest BCUT2D eigenvalue weighted by atomic mass is 10.1. The van der Waals surface area contributed by atoms with E-state index < -0.39 is 0 Å². The molecule has 0 spiro atoms. The van der Waals surface area contributed by atoms with Crippen molar-refractivity contribution in [3.8, 4) is 11.5 Å². The van der Waals surface area contributed by atoms with Crippen molar-refractivity contribution in [2.24, 2.45) is 0 Å². The smallest absolute Gasteiger partial charge is 0.159 e. The van der Waals surface area contributed by atoms with Gasteiger partial charge in [-0.05, 0) is 36.8 Å². The highest BCUT2D eigenvalue weighted by Gasteiger charge is 2.03. The first-order valence-electron chi connectivity index (χ1n) is 6.06. The zero-order valence-electron chi connectivity index (χ0n) is 11.1. The number of hydrogen-bond donors (Lipinski definition) is 0. The van der Waals surface area contributed by atoms with Gasteiger partial charge in [0.25, 0.3) is 0 Å². The Morgan fingerprint density at radius 2 is 1.74 bits per heavy atom. The predicted molar refractivity (Wildman–Crippen MR) is 73.7 cm³/mol. The van der Waals surface area contributed by atoms with E-state index in [-0.39, 0.29) is 5.78 Å². The predicted octanol–water partition coefficient (Wildman–Crippen LogP) is 3.83. The number of rotatable bonds is 5. The number of methoxy groups -OCH3 is 1. The van der Waals surface area contributed by atoms with E-state index in [2.05, 4.69) is 0 Å². The molecule has 0 bridgehead atoms. The molecule has 0 heterocycles. The SMILES string of the molecule is COCc1cccc(Oc2cccc(C(C)=O)c2)c1. The Hall–Kier alpha value is -2.13. The molecule has 0 aliphatic heterocycles. The fourth-order valence-corrected chi connectivity index (χ4v) is 1.78. The first-order valence-corrected chi connectivity index (χ1v) is 6.06. The van der Waals surface area contributed by atoms with Gasteiger partial charge >= 0.3 is 0 Å². The molecule has 0 atom stereocenters. The largest absolute Gasteiger partial charge is 0.457 e. The Morgan fingerprint density at radius 3 is 2.42 bits per heavy atom. The van der Waals surface area contributed by atoms with Crippen LogP contribution >= 0.6 is 0 Å². The van der Waals surface area contributed by atoms with E-state index in [9.17, 15) is 4.79 Å². The lowest BCUT2D eigenvalue weighted by Crippen LogP contribution is -1.93. The molecular formula is C16H16O3. The Kier molecular flexibility index (Phi) is 4.31. The Morgan fingerprint density at radius 1 is 1.05 bits per heavy atom. The molecule has 3 nitrogen and oxygen atoms in total. The first-order chi connectivity index (χ1) is 9.19. The van der Waals surface area contributed by atoms with Crippen LogP contribution < -0.4 is 4.74 Å². The van der Waals surface area contributed by atoms with Gasteiger partial charge in [0.2, 0.25) is 0 Å². The van der Waals surface area contributed by atoms with Crippen molar-refractivity contribution in [1.82, 2.24) is 0 Å². The summed E-state index contributed by atoms with van der Waals surface area (Å²) in [4.78, 5) is 11.3. The molecule has 0 amide bonds. The number of carbonyl (C=O) groups is 1. The number of ketones is 1. The second-order valence-electron chi connectivity index (χ2n) is 4.27. The third-order valence-electron chi connectivity index (χ3n) is 2.69. The maximum absolute atomic E-state index is 11.3. The summed E-state index contributed by atoms with van der Waals surface area (Å²) in [6, 6.07) is 14.8. The van der Waals surface area contributed by atoms with E-state index >= 15 is 0 Å². The van der Waals surface area contributed by atoms with Crippen LogP contribution in [-0.2, 0) is 11.3 Å². The monoisotopic (exact) mass is 256 g/mol. The highest BCUT2D eigenvalue weighted by Crippen LogP contribution is 2.23. The summed E-state index contributed by atoms with van der Waals surface area (Å²) in [5.41, 5.74) is 1.69. The maximum atomic E-state index is 11.3. The van der Waals surface area contributed by atoms with Gasteiger partial charge in [-0.25, -0.2) is 0 Å². The van der Waals surface area contributed by atoms with E-state index in [0.29, 0.717) is 17.9 Å². The quantitative estimate of drug-likeness (QED) is 0.763. The molecule has 0 aliphatic rings. The number of benzene rings is 2. The van der Waals surface area contributed by atoms with Crippen LogP contribution in [0.5, 0.6) is 11.5 Å². The third-order valence-corrected chi connectivity index (χ3v) is 2.69. The van der Waals surface area contributed by atoms with Gasteiger partial charge in [-0.15, -0.1) is 0 Å². The number of Topliss-reactive ketones (excluding diaryl/α,β-unsaturated/α-hetero) is 1. The molecule has 0 aromatic heterocycles. The van der Waals surface area contributed by atoms with Crippen molar-refractivity contribution in [2.75, 3.05) is 7.11 Å². The fourth-order valence-electron chi connectivity index (χ4n) is 1.78. The van der Waals surface area contributed by atoms with Crippen LogP contribution in [0, 0.1) is 0 Å². The molecule has 0 unspecified atom stereocenters. The minimum absolute atomic E-state index is 0.0265. The second kappa shape index (κ2) is 6.16. The van der Waals surface area contributed by atoms with Crippen molar-refractivity contribution in [3.05, 3.63) is 59.7 Å². The molecule has 2 aromatic carbocycles. The molecule has 0 radical (unpaired) electrons. The van der Waals surface area contributed by atoms with Gasteiger partial charge in [-0.3, -0.25) is 4.79 Å². The highest BCUT2D eigenvalue weighted by molar-refractivity contribution is 5.94. The van der Waals surface area contributed by atoms with Crippen LogP contribution in [0.25, 0.3) is 0 Å². The summed E-state index contributed by atoms with van der Waals surface area (Å²) >= 11 is 0. The van der Waals surface area contributed by atoms with Gasteiger partial charge in [0.15, 0.2) is 5.78 Å². The average molecular weight is 256 g/mol. The normalized spacial score (nSPS) is 10.2. The minimum atomic E-state index is 0.0265. The van der Waals surface area contributed by atoms with Gasteiger partial charge in [0.05, 0.1) is 6.61 Å². The summed E-state index contributed by atoms with van der Waals surface area (Å²) in [7, 11) is 1.66. The molecule has 2 aromatic rings. The van der Waals surface area contributed by atoms with Gasteiger partial charge in [0, 0.05) is 12.7 Å². The summed E-state index contributed by atoms with van der Waals surface area (Å²) in [6.07, 6.45) is 0. The Balaban J connectivity index is 2.18. The number of ether oxygens (including phenoxy) is 2. The van der Waals surface area contributed by atoms with Crippen molar-refractivity contribution in [2.45, 2.75) is 13.5 Å². The van der Waals surface area contributed by atoms with Gasteiger partial charge in [0.1, 0.15) is 11.5 Å². The Labute approximate surface area is 112 Å². The average Bonchev–Trinajstić information content (AvgIpc) is 2.40. The van der Waals surface area contributed by atoms with E-state index in [1.807, 2.05) is 36.4 Å². The van der Waals surface area contributed by atoms with Crippen LogP contribution in [0.15, 0.2) is 48.5 Å². The Bertz CT molecular complexity index is 576. The minimum Gasteiger partial charge on any atom is -0.457 e. The van der Waals surface area contributed by atoms with Gasteiger partial charge < -0.3 is 9.47 Å². The molecule has 98 valence electrons. The fraction of sp³-hybridized carbons (Fsp3) is 0.188. The third kappa shape index (κ3) is 3.66. The summed E-state index contributed by atoms with van der Waals surface area (Å²) in [5.74, 6) is 1.41. The molecule has 0 saturated heterocycles. The van der Waals surface area contributed by atoms with Crippen molar-refractivity contribution in [1.29, 1.82) is 0 Å². The van der Waals surface area contributed by atoms with Crippen LogP contribution in [0.2, 0.25) is 0 Å². The second-order valence-corrected chi connectivity index (χ2v) is 4.27. The van der Waals surface area contributed by atoms with Crippen LogP contribution in [-0.4, -0.2) is 12.9 Å². The molecule has 2 rings (SSSR count). The zero-order chi connectivity index (χ0) is 13.7. The van der Waals surface area contributed by atoms with Gasteiger partial charge in [-0.1, -0.05) is 24.3 Å². The topological polar surface area (TPSA) is 35.5 Å². The van der Waals surface area contributed by atoms with Crippen molar-refractivity contribution >= 4 is 5.78 Å². The molecule has 0 N–H and O–H groups in total. The standard InChI is InChI=1S/C16H16O3/c1-12(17)14-6-4-8-16(10-14)19-15-7-3-5-13(9-15)11-18-2/h3-10H,11H2,1-2H3. The van der Waals surface area contributed by atoms with Gasteiger partial charge in [-0.2, -0.15) is 0 Å². The molecule has 3 heteroatoms. The number of hydrogen-bond acceptors (Lipinski definition) is 3. The zero-order valence-corrected chi connectivity index (χ0v) is 11.1. The lowest BCUT2D eigenvalue weighted by Gasteiger charge is -2.08.